The predicted molar refractivity (Wildman–Crippen MR) is 55.6 cm³/mol. The van der Waals surface area contributed by atoms with Crippen LogP contribution in [0.3, 0.4) is 0 Å². The number of aryl methyl sites for hydroxylation is 1. The lowest BCUT2D eigenvalue weighted by atomic mass is 10.1. The number of carbonyl (C=O) groups is 1. The van der Waals surface area contributed by atoms with E-state index >= 15 is 0 Å². The van der Waals surface area contributed by atoms with Crippen LogP contribution in [-0.4, -0.2) is 22.8 Å². The zero-order valence-electron chi connectivity index (χ0n) is 9.17. The molecule has 4 heteroatoms. The Morgan fingerprint density at radius 1 is 1.60 bits per heavy atom. The van der Waals surface area contributed by atoms with Crippen LogP contribution in [0.15, 0.2) is 0 Å². The summed E-state index contributed by atoms with van der Waals surface area (Å²) >= 11 is 0. The topological polar surface area (TPSA) is 55.0 Å². The van der Waals surface area contributed by atoms with Crippen LogP contribution in [0.4, 0.5) is 0 Å². The second-order valence-electron chi connectivity index (χ2n) is 3.97. The van der Waals surface area contributed by atoms with Gasteiger partial charge < -0.3 is 4.74 Å². The van der Waals surface area contributed by atoms with Crippen LogP contribution in [0.25, 0.3) is 0 Å². The minimum absolute atomic E-state index is 0.163. The van der Waals surface area contributed by atoms with Gasteiger partial charge in [-0.15, -0.1) is 0 Å². The molecule has 4 nitrogen and oxygen atoms in total. The molecule has 82 valence electrons. The number of carbonyl (C=O) groups excluding carboxylic acids is 1. The average molecular weight is 208 g/mol. The van der Waals surface area contributed by atoms with Crippen molar-refractivity contribution in [2.75, 3.05) is 6.61 Å². The van der Waals surface area contributed by atoms with Gasteiger partial charge in [-0.25, -0.2) is 0 Å². The molecule has 1 heterocycles. The molecule has 0 amide bonds. The normalized spacial score (nSPS) is 15.3. The highest BCUT2D eigenvalue weighted by atomic mass is 16.5. The molecule has 0 spiro atoms. The van der Waals surface area contributed by atoms with Crippen LogP contribution < -0.4 is 0 Å². The van der Waals surface area contributed by atoms with Crippen molar-refractivity contribution in [1.29, 1.82) is 0 Å². The molecule has 0 radical (unpaired) electrons. The number of nitrogens with one attached hydrogen (secondary N) is 1. The van der Waals surface area contributed by atoms with Crippen LogP contribution in [-0.2, 0) is 16.0 Å². The lowest BCUT2D eigenvalue weighted by Gasteiger charge is -2.02. The first-order valence-corrected chi connectivity index (χ1v) is 5.41. The van der Waals surface area contributed by atoms with E-state index in [1.807, 2.05) is 13.8 Å². The van der Waals surface area contributed by atoms with E-state index in [1.54, 1.807) is 0 Å². The Kier molecular flexibility index (Phi) is 2.75. The summed E-state index contributed by atoms with van der Waals surface area (Å²) in [5, 5.41) is 7.21. The van der Waals surface area contributed by atoms with Crippen molar-refractivity contribution in [3.63, 3.8) is 0 Å². The summed E-state index contributed by atoms with van der Waals surface area (Å²) in [4.78, 5) is 11.4. The van der Waals surface area contributed by atoms with E-state index in [0.717, 1.165) is 17.0 Å². The summed E-state index contributed by atoms with van der Waals surface area (Å²) in [6.45, 7) is 4.21. The van der Waals surface area contributed by atoms with Crippen LogP contribution in [0, 0.1) is 6.92 Å². The quantitative estimate of drug-likeness (QED) is 0.766. The van der Waals surface area contributed by atoms with Gasteiger partial charge in [0.25, 0.3) is 0 Å². The number of rotatable bonds is 4. The van der Waals surface area contributed by atoms with Gasteiger partial charge >= 0.3 is 5.97 Å². The molecule has 1 aromatic heterocycles. The molecule has 0 bridgehead atoms. The molecule has 1 aromatic rings. The van der Waals surface area contributed by atoms with Crippen molar-refractivity contribution in [3.05, 3.63) is 17.0 Å². The van der Waals surface area contributed by atoms with Gasteiger partial charge in [0.05, 0.1) is 18.7 Å². The minimum atomic E-state index is -0.163. The fraction of sp³-hybridized carbons (Fsp3) is 0.636. The summed E-state index contributed by atoms with van der Waals surface area (Å²) < 4.78 is 4.94. The number of hydrogen-bond donors (Lipinski definition) is 1. The van der Waals surface area contributed by atoms with Gasteiger partial charge in [-0.2, -0.15) is 5.10 Å². The Morgan fingerprint density at radius 2 is 2.33 bits per heavy atom. The number of aromatic nitrogens is 2. The first-order valence-electron chi connectivity index (χ1n) is 5.41. The second-order valence-corrected chi connectivity index (χ2v) is 3.97. The van der Waals surface area contributed by atoms with E-state index in [9.17, 15) is 4.79 Å². The van der Waals surface area contributed by atoms with Gasteiger partial charge in [0.15, 0.2) is 0 Å². The number of nitrogens with zero attached hydrogens (tertiary/aromatic N) is 1. The zero-order valence-corrected chi connectivity index (χ0v) is 9.17. The first kappa shape index (κ1) is 10.2. The summed E-state index contributed by atoms with van der Waals surface area (Å²) in [5.74, 6) is 0.406. The molecular weight excluding hydrogens is 192 g/mol. The van der Waals surface area contributed by atoms with Gasteiger partial charge in [0.1, 0.15) is 0 Å². The third-order valence-corrected chi connectivity index (χ3v) is 2.70. The highest BCUT2D eigenvalue weighted by molar-refractivity contribution is 5.73. The predicted octanol–water partition coefficient (Wildman–Crippen LogP) is 1.70. The number of aromatic amines is 1. The Balaban J connectivity index is 2.11. The Morgan fingerprint density at radius 3 is 2.93 bits per heavy atom. The van der Waals surface area contributed by atoms with Crippen molar-refractivity contribution in [2.24, 2.45) is 0 Å². The number of esters is 1. The molecule has 1 saturated carbocycles. The van der Waals surface area contributed by atoms with Gasteiger partial charge in [-0.05, 0) is 26.7 Å². The molecule has 0 aliphatic heterocycles. The Labute approximate surface area is 89.0 Å². The van der Waals surface area contributed by atoms with Crippen molar-refractivity contribution < 1.29 is 9.53 Å². The van der Waals surface area contributed by atoms with Crippen molar-refractivity contribution in [3.8, 4) is 0 Å². The maximum absolute atomic E-state index is 11.4. The van der Waals surface area contributed by atoms with Gasteiger partial charge in [0, 0.05) is 17.2 Å². The fourth-order valence-corrected chi connectivity index (χ4v) is 1.75. The largest absolute Gasteiger partial charge is 0.466 e. The first-order chi connectivity index (χ1) is 7.22. The summed E-state index contributed by atoms with van der Waals surface area (Å²) in [7, 11) is 0. The molecule has 0 unspecified atom stereocenters. The molecule has 1 N–H and O–H groups in total. The summed E-state index contributed by atoms with van der Waals surface area (Å²) in [6, 6.07) is 0. The van der Waals surface area contributed by atoms with Crippen molar-refractivity contribution >= 4 is 5.97 Å². The number of hydrogen-bond acceptors (Lipinski definition) is 3. The van der Waals surface area contributed by atoms with E-state index in [2.05, 4.69) is 10.2 Å². The maximum Gasteiger partial charge on any atom is 0.310 e. The third kappa shape index (κ3) is 2.19. The van der Waals surface area contributed by atoms with Gasteiger partial charge in [-0.3, -0.25) is 9.89 Å². The standard InChI is InChI=1S/C11H16N2O2/c1-3-15-10(14)6-9-7(2)12-13-11(9)8-4-5-8/h8H,3-6H2,1-2H3,(H,12,13). The van der Waals surface area contributed by atoms with Crippen LogP contribution in [0.1, 0.15) is 42.6 Å². The molecule has 1 fully saturated rings. The summed E-state index contributed by atoms with van der Waals surface area (Å²) in [5.41, 5.74) is 3.10. The van der Waals surface area contributed by atoms with Gasteiger partial charge in [0.2, 0.25) is 0 Å². The average Bonchev–Trinajstić information content (AvgIpc) is 2.96. The van der Waals surface area contributed by atoms with E-state index in [0.29, 0.717) is 18.9 Å². The third-order valence-electron chi connectivity index (χ3n) is 2.70. The number of H-pyrrole nitrogens is 1. The molecule has 2 rings (SSSR count). The highest BCUT2D eigenvalue weighted by Crippen LogP contribution is 2.41. The van der Waals surface area contributed by atoms with Gasteiger partial charge in [-0.1, -0.05) is 0 Å². The Hall–Kier alpha value is -1.32. The molecule has 1 aliphatic carbocycles. The van der Waals surface area contributed by atoms with E-state index < -0.39 is 0 Å². The van der Waals surface area contributed by atoms with E-state index in [1.165, 1.54) is 12.8 Å². The molecule has 0 atom stereocenters. The van der Waals surface area contributed by atoms with Crippen LogP contribution in [0.5, 0.6) is 0 Å². The second kappa shape index (κ2) is 4.04. The zero-order chi connectivity index (χ0) is 10.8. The molecule has 0 aromatic carbocycles. The maximum atomic E-state index is 11.4. The molecule has 15 heavy (non-hydrogen) atoms. The lowest BCUT2D eigenvalue weighted by molar-refractivity contribution is -0.142. The SMILES string of the molecule is CCOC(=O)Cc1c(C2CC2)n[nH]c1C. The highest BCUT2D eigenvalue weighted by Gasteiger charge is 2.30. The smallest absolute Gasteiger partial charge is 0.310 e. The number of ether oxygens (including phenoxy) is 1. The lowest BCUT2D eigenvalue weighted by Crippen LogP contribution is -2.09. The van der Waals surface area contributed by atoms with Crippen LogP contribution >= 0.6 is 0 Å². The molecule has 1 aliphatic rings. The van der Waals surface area contributed by atoms with E-state index in [4.69, 9.17) is 4.74 Å². The monoisotopic (exact) mass is 208 g/mol. The minimum Gasteiger partial charge on any atom is -0.466 e. The van der Waals surface area contributed by atoms with Crippen molar-refractivity contribution in [2.45, 2.75) is 39.0 Å². The molecular formula is C11H16N2O2. The fourth-order valence-electron chi connectivity index (χ4n) is 1.75. The van der Waals surface area contributed by atoms with Crippen molar-refractivity contribution in [1.82, 2.24) is 10.2 Å². The Bertz CT molecular complexity index is 367. The molecule has 0 saturated heterocycles. The van der Waals surface area contributed by atoms with E-state index in [-0.39, 0.29) is 5.97 Å². The van der Waals surface area contributed by atoms with Crippen LogP contribution in [0.2, 0.25) is 0 Å². The summed E-state index contributed by atoms with van der Waals surface area (Å²) in [6.07, 6.45) is 2.74.